The number of quaternary nitrogens is 1. The number of carbonyl (C=O) groups excluding carboxylic acids is 2. The molecule has 63 heavy (non-hydrogen) atoms. The van der Waals surface area contributed by atoms with Crippen molar-refractivity contribution in [2.75, 3.05) is 47.5 Å². The SMILES string of the molecule is CCCCC/C=C\C/C=C\C/C=C\CC(O)C(O)CCCC(=O)O[C@H](COC(=O)CCCCCCCCCCc1oc(CCCCC)c(C)c1C)COP(=O)(O)OCC[N+](C)(C)C. The minimum Gasteiger partial charge on any atom is -0.466 e. The van der Waals surface area contributed by atoms with E-state index >= 15 is 0 Å². The smallest absolute Gasteiger partial charge is 0.466 e. The van der Waals surface area contributed by atoms with E-state index in [4.69, 9.17) is 22.9 Å². The molecule has 0 saturated carbocycles. The predicted octanol–water partition coefficient (Wildman–Crippen LogP) is 11.3. The fourth-order valence-corrected chi connectivity index (χ4v) is 7.57. The van der Waals surface area contributed by atoms with Gasteiger partial charge in [-0.3, -0.25) is 18.6 Å². The van der Waals surface area contributed by atoms with Gasteiger partial charge in [0.15, 0.2) is 6.10 Å². The van der Waals surface area contributed by atoms with Crippen molar-refractivity contribution in [3.63, 3.8) is 0 Å². The first-order valence-corrected chi connectivity index (χ1v) is 25.7. The number of furan rings is 1. The number of esters is 2. The van der Waals surface area contributed by atoms with Crippen molar-refractivity contribution >= 4 is 19.8 Å². The first kappa shape index (κ1) is 58.4. The molecule has 4 atom stereocenters. The van der Waals surface area contributed by atoms with Crippen LogP contribution in [0.3, 0.4) is 0 Å². The van der Waals surface area contributed by atoms with Crippen molar-refractivity contribution in [2.24, 2.45) is 0 Å². The number of hydrogen-bond acceptors (Lipinski definition) is 10. The lowest BCUT2D eigenvalue weighted by Gasteiger charge is -2.24. The molecular formula is C50H89NO11P+. The van der Waals surface area contributed by atoms with Crippen molar-refractivity contribution in [3.05, 3.63) is 59.1 Å². The summed E-state index contributed by atoms with van der Waals surface area (Å²) < 4.78 is 40.4. The number of aryl methyl sites for hydroxylation is 2. The van der Waals surface area contributed by atoms with Crippen molar-refractivity contribution in [1.29, 1.82) is 0 Å². The van der Waals surface area contributed by atoms with E-state index in [1.54, 1.807) is 0 Å². The Balaban J connectivity index is 2.43. The Labute approximate surface area is 382 Å². The number of rotatable bonds is 40. The van der Waals surface area contributed by atoms with Crippen LogP contribution in [0.5, 0.6) is 0 Å². The number of allylic oxidation sites excluding steroid dienone is 5. The van der Waals surface area contributed by atoms with Crippen molar-refractivity contribution in [2.45, 2.75) is 200 Å². The van der Waals surface area contributed by atoms with Crippen LogP contribution in [0, 0.1) is 13.8 Å². The average Bonchev–Trinajstić information content (AvgIpc) is 3.49. The summed E-state index contributed by atoms with van der Waals surface area (Å²) in [5.74, 6) is 1.21. The van der Waals surface area contributed by atoms with Gasteiger partial charge in [-0.1, -0.05) is 115 Å². The van der Waals surface area contributed by atoms with Crippen LogP contribution in [0.4, 0.5) is 0 Å². The quantitative estimate of drug-likeness (QED) is 0.0189. The maximum atomic E-state index is 12.8. The van der Waals surface area contributed by atoms with Crippen LogP contribution in [0.15, 0.2) is 40.9 Å². The van der Waals surface area contributed by atoms with Gasteiger partial charge in [0.05, 0.1) is 40.0 Å². The van der Waals surface area contributed by atoms with Crippen molar-refractivity contribution in [1.82, 2.24) is 0 Å². The van der Waals surface area contributed by atoms with Gasteiger partial charge in [0.2, 0.25) is 0 Å². The summed E-state index contributed by atoms with van der Waals surface area (Å²) in [6.07, 6.45) is 30.4. The zero-order chi connectivity index (χ0) is 46.8. The summed E-state index contributed by atoms with van der Waals surface area (Å²) in [5.41, 5.74) is 2.63. The minimum atomic E-state index is -4.47. The number of ether oxygens (including phenoxy) is 2. The summed E-state index contributed by atoms with van der Waals surface area (Å²) in [6.45, 7) is 8.34. The molecule has 3 N–H and O–H groups in total. The number of aliphatic hydroxyl groups is 2. The van der Waals surface area contributed by atoms with Crippen LogP contribution in [0.2, 0.25) is 0 Å². The number of phosphoric ester groups is 1. The predicted molar refractivity (Wildman–Crippen MR) is 253 cm³/mol. The third kappa shape index (κ3) is 31.9. The summed E-state index contributed by atoms with van der Waals surface area (Å²) >= 11 is 0. The maximum absolute atomic E-state index is 12.8. The molecule has 0 fully saturated rings. The molecule has 1 aromatic rings. The molecule has 0 aromatic carbocycles. The number of aliphatic hydroxyl groups excluding tert-OH is 2. The van der Waals surface area contributed by atoms with E-state index in [0.29, 0.717) is 17.4 Å². The number of hydrogen-bond donors (Lipinski definition) is 3. The maximum Gasteiger partial charge on any atom is 0.472 e. The molecule has 13 heteroatoms. The molecule has 1 aromatic heterocycles. The lowest BCUT2D eigenvalue weighted by molar-refractivity contribution is -0.870. The van der Waals surface area contributed by atoms with Crippen molar-refractivity contribution in [3.8, 4) is 0 Å². The molecule has 0 aliphatic heterocycles. The lowest BCUT2D eigenvalue weighted by Crippen LogP contribution is -2.37. The first-order chi connectivity index (χ1) is 30.1. The van der Waals surface area contributed by atoms with Crippen LogP contribution in [-0.4, -0.2) is 97.3 Å². The van der Waals surface area contributed by atoms with Gasteiger partial charge in [-0.05, 0) is 89.2 Å². The Kier molecular flexibility index (Phi) is 33.1. The molecule has 1 rings (SSSR count). The molecule has 0 spiro atoms. The Morgan fingerprint density at radius 1 is 0.667 bits per heavy atom. The molecule has 0 aliphatic rings. The molecule has 3 unspecified atom stereocenters. The van der Waals surface area contributed by atoms with Gasteiger partial charge in [0, 0.05) is 25.7 Å². The van der Waals surface area contributed by atoms with E-state index in [1.807, 2.05) is 33.3 Å². The van der Waals surface area contributed by atoms with E-state index < -0.39 is 44.7 Å². The Morgan fingerprint density at radius 2 is 1.21 bits per heavy atom. The molecule has 0 aliphatic carbocycles. The van der Waals surface area contributed by atoms with Gasteiger partial charge in [-0.15, -0.1) is 0 Å². The molecular weight excluding hydrogens is 822 g/mol. The fraction of sp³-hybridized carbons (Fsp3) is 0.760. The van der Waals surface area contributed by atoms with Crippen LogP contribution in [-0.2, 0) is 45.5 Å². The number of carbonyl (C=O) groups is 2. The van der Waals surface area contributed by atoms with Gasteiger partial charge >= 0.3 is 19.8 Å². The van der Waals surface area contributed by atoms with E-state index in [9.17, 15) is 29.3 Å². The third-order valence-corrected chi connectivity index (χ3v) is 12.1. The highest BCUT2D eigenvalue weighted by molar-refractivity contribution is 7.47. The highest BCUT2D eigenvalue weighted by atomic mass is 31.2. The third-order valence-electron chi connectivity index (χ3n) is 11.1. The zero-order valence-electron chi connectivity index (χ0n) is 40.5. The van der Waals surface area contributed by atoms with Crippen LogP contribution >= 0.6 is 7.82 Å². The molecule has 0 saturated heterocycles. The van der Waals surface area contributed by atoms with E-state index in [0.717, 1.165) is 75.7 Å². The number of unbranched alkanes of at least 4 members (excludes halogenated alkanes) is 12. The molecule has 1 heterocycles. The lowest BCUT2D eigenvalue weighted by atomic mass is 10.0. The van der Waals surface area contributed by atoms with Gasteiger partial charge in [0.1, 0.15) is 31.3 Å². The standard InChI is InChI=1S/C50H88NO11P/c1-8-10-12-13-14-15-16-17-18-21-24-28-32-45(52)46(53)33-31-37-50(55)61-44(41-60-63(56,57)59-39-38-51(5,6)7)40-58-49(54)36-30-26-23-20-19-22-25-29-35-48-43(4)42(3)47(62-48)34-27-11-9-2/h14-15,17-18,24,28,44-46,52-53H,8-13,16,19-23,25-27,29-41H2,1-7H3/p+1/b15-14-,18-17-,28-24-/t44-,45?,46?/m1/s1. The Hall–Kier alpha value is -2.57. The van der Waals surface area contributed by atoms with Crippen molar-refractivity contribution < 1.29 is 56.7 Å². The summed E-state index contributed by atoms with van der Waals surface area (Å²) in [5, 5.41) is 20.9. The number of phosphoric acid groups is 1. The van der Waals surface area contributed by atoms with E-state index in [-0.39, 0.29) is 45.3 Å². The molecule has 364 valence electrons. The minimum absolute atomic E-state index is 0.0277. The van der Waals surface area contributed by atoms with E-state index in [2.05, 4.69) is 52.0 Å². The fourth-order valence-electron chi connectivity index (χ4n) is 6.82. The van der Waals surface area contributed by atoms with Crippen LogP contribution in [0.1, 0.15) is 178 Å². The van der Waals surface area contributed by atoms with Gasteiger partial charge < -0.3 is 33.5 Å². The normalized spacial score (nSPS) is 14.8. The van der Waals surface area contributed by atoms with Gasteiger partial charge in [-0.25, -0.2) is 4.57 Å². The summed E-state index contributed by atoms with van der Waals surface area (Å²) in [6, 6.07) is 0. The topological polar surface area (TPSA) is 162 Å². The highest BCUT2D eigenvalue weighted by Crippen LogP contribution is 2.43. The highest BCUT2D eigenvalue weighted by Gasteiger charge is 2.27. The Morgan fingerprint density at radius 3 is 1.83 bits per heavy atom. The van der Waals surface area contributed by atoms with Gasteiger partial charge in [-0.2, -0.15) is 0 Å². The largest absolute Gasteiger partial charge is 0.472 e. The summed E-state index contributed by atoms with van der Waals surface area (Å²) in [4.78, 5) is 35.6. The molecule has 0 radical (unpaired) electrons. The van der Waals surface area contributed by atoms with Crippen LogP contribution in [0.25, 0.3) is 0 Å². The second-order valence-electron chi connectivity index (χ2n) is 18.0. The molecule has 0 amide bonds. The second kappa shape index (κ2) is 35.7. The number of nitrogens with zero attached hydrogens (tertiary/aromatic N) is 1. The first-order valence-electron chi connectivity index (χ1n) is 24.2. The van der Waals surface area contributed by atoms with Gasteiger partial charge in [0.25, 0.3) is 0 Å². The number of likely N-dealkylation sites (N-methyl/N-ethyl adjacent to an activating group) is 1. The molecule has 0 bridgehead atoms. The second-order valence-corrected chi connectivity index (χ2v) is 19.5. The van der Waals surface area contributed by atoms with E-state index in [1.165, 1.54) is 62.5 Å². The van der Waals surface area contributed by atoms with Crippen LogP contribution < -0.4 is 0 Å². The summed E-state index contributed by atoms with van der Waals surface area (Å²) in [7, 11) is 1.28. The monoisotopic (exact) mass is 911 g/mol. The zero-order valence-corrected chi connectivity index (χ0v) is 41.4. The Bertz CT molecular complexity index is 1480. The average molecular weight is 911 g/mol. The molecule has 12 nitrogen and oxygen atoms in total.